The molecule has 0 radical (unpaired) electrons. The molecule has 0 aromatic heterocycles. The van der Waals surface area contributed by atoms with Gasteiger partial charge in [-0.15, -0.1) is 11.8 Å². The predicted octanol–water partition coefficient (Wildman–Crippen LogP) is 0.000600. The van der Waals surface area contributed by atoms with Gasteiger partial charge >= 0.3 is 12.1 Å². The van der Waals surface area contributed by atoms with E-state index >= 15 is 0 Å². The summed E-state index contributed by atoms with van der Waals surface area (Å²) in [5.74, 6) is -1.36. The predicted molar refractivity (Wildman–Crippen MR) is 78.3 cm³/mol. The SMILES string of the molecule is CC(C)(C)OC(=O)N[C@]1(CO)C[C@@H]2SC[C@@H](C(=O)O)N2C1=O. The minimum absolute atomic E-state index is 0.149. The minimum Gasteiger partial charge on any atom is -0.480 e. The lowest BCUT2D eigenvalue weighted by molar-refractivity contribution is -0.149. The third-order valence-corrected chi connectivity index (χ3v) is 4.84. The molecule has 8 nitrogen and oxygen atoms in total. The van der Waals surface area contributed by atoms with Crippen LogP contribution in [-0.2, 0) is 14.3 Å². The second kappa shape index (κ2) is 5.62. The molecule has 2 aliphatic rings. The van der Waals surface area contributed by atoms with E-state index in [-0.39, 0.29) is 11.8 Å². The molecule has 2 aliphatic heterocycles. The summed E-state index contributed by atoms with van der Waals surface area (Å²) in [6, 6.07) is -0.934. The number of aliphatic carboxylic acids is 1. The van der Waals surface area contributed by atoms with Gasteiger partial charge in [0.2, 0.25) is 0 Å². The van der Waals surface area contributed by atoms with Crippen molar-refractivity contribution in [2.24, 2.45) is 0 Å². The van der Waals surface area contributed by atoms with Gasteiger partial charge in [-0.2, -0.15) is 0 Å². The Kier molecular flexibility index (Phi) is 4.31. The smallest absolute Gasteiger partial charge is 0.408 e. The highest BCUT2D eigenvalue weighted by Gasteiger charge is 2.58. The number of carbonyl (C=O) groups is 3. The van der Waals surface area contributed by atoms with Crippen molar-refractivity contribution in [3.05, 3.63) is 0 Å². The number of nitrogens with one attached hydrogen (secondary N) is 1. The Morgan fingerprint density at radius 3 is 2.64 bits per heavy atom. The van der Waals surface area contributed by atoms with Crippen LogP contribution in [0.2, 0.25) is 0 Å². The average Bonchev–Trinajstić information content (AvgIpc) is 2.87. The van der Waals surface area contributed by atoms with Gasteiger partial charge in [-0.1, -0.05) is 0 Å². The summed E-state index contributed by atoms with van der Waals surface area (Å²) < 4.78 is 5.12. The topological polar surface area (TPSA) is 116 Å². The van der Waals surface area contributed by atoms with Crippen LogP contribution >= 0.6 is 11.8 Å². The zero-order valence-corrected chi connectivity index (χ0v) is 13.5. The van der Waals surface area contributed by atoms with Crippen LogP contribution in [0.4, 0.5) is 4.79 Å². The highest BCUT2D eigenvalue weighted by molar-refractivity contribution is 8.00. The van der Waals surface area contributed by atoms with E-state index < -0.39 is 41.8 Å². The highest BCUT2D eigenvalue weighted by atomic mass is 32.2. The molecule has 3 atom stereocenters. The fraction of sp³-hybridized carbons (Fsp3) is 0.769. The second-order valence-electron chi connectivity index (χ2n) is 6.43. The van der Waals surface area contributed by atoms with E-state index in [4.69, 9.17) is 4.74 Å². The number of aliphatic hydroxyl groups excluding tert-OH is 1. The molecule has 0 unspecified atom stereocenters. The first kappa shape index (κ1) is 16.9. The van der Waals surface area contributed by atoms with Crippen molar-refractivity contribution in [2.45, 2.75) is 49.7 Å². The molecule has 22 heavy (non-hydrogen) atoms. The third-order valence-electron chi connectivity index (χ3n) is 3.55. The average molecular weight is 332 g/mol. The summed E-state index contributed by atoms with van der Waals surface area (Å²) in [6.45, 7) is 4.45. The van der Waals surface area contributed by atoms with E-state index in [0.717, 1.165) is 0 Å². The largest absolute Gasteiger partial charge is 0.480 e. The van der Waals surface area contributed by atoms with Crippen LogP contribution in [-0.4, -0.2) is 68.0 Å². The fourth-order valence-electron chi connectivity index (χ4n) is 2.59. The molecule has 0 spiro atoms. The molecule has 2 rings (SSSR count). The maximum absolute atomic E-state index is 12.6. The zero-order valence-electron chi connectivity index (χ0n) is 12.7. The summed E-state index contributed by atoms with van der Waals surface area (Å²) in [4.78, 5) is 36.9. The fourth-order valence-corrected chi connectivity index (χ4v) is 4.10. The molecule has 0 aromatic carbocycles. The van der Waals surface area contributed by atoms with E-state index in [0.29, 0.717) is 5.75 Å². The van der Waals surface area contributed by atoms with Gasteiger partial charge < -0.3 is 25.2 Å². The van der Waals surface area contributed by atoms with E-state index in [2.05, 4.69) is 5.32 Å². The Balaban J connectivity index is 2.17. The Morgan fingerprint density at radius 2 is 2.14 bits per heavy atom. The highest BCUT2D eigenvalue weighted by Crippen LogP contribution is 2.42. The Morgan fingerprint density at radius 1 is 1.50 bits per heavy atom. The molecule has 0 saturated carbocycles. The molecule has 2 saturated heterocycles. The van der Waals surface area contributed by atoms with Crippen LogP contribution in [0.3, 0.4) is 0 Å². The number of rotatable bonds is 3. The van der Waals surface area contributed by atoms with Gasteiger partial charge in [0.25, 0.3) is 5.91 Å². The molecule has 2 amide bonds. The van der Waals surface area contributed by atoms with Gasteiger partial charge in [0.15, 0.2) is 0 Å². The number of aliphatic hydroxyl groups is 1. The van der Waals surface area contributed by atoms with E-state index in [1.165, 1.54) is 16.7 Å². The normalized spacial score (nSPS) is 31.1. The van der Waals surface area contributed by atoms with E-state index in [9.17, 15) is 24.6 Å². The van der Waals surface area contributed by atoms with Gasteiger partial charge in [0.1, 0.15) is 17.2 Å². The number of fused-ring (bicyclic) bond motifs is 1. The number of amides is 2. The lowest BCUT2D eigenvalue weighted by Gasteiger charge is -2.29. The van der Waals surface area contributed by atoms with Gasteiger partial charge in [-0.25, -0.2) is 9.59 Å². The van der Waals surface area contributed by atoms with Gasteiger partial charge in [-0.05, 0) is 20.8 Å². The Hall–Kier alpha value is -1.48. The first-order valence-corrected chi connectivity index (χ1v) is 7.94. The third kappa shape index (κ3) is 3.00. The molecule has 2 fully saturated rings. The van der Waals surface area contributed by atoms with Crippen LogP contribution < -0.4 is 5.32 Å². The Labute approximate surface area is 132 Å². The van der Waals surface area contributed by atoms with Crippen molar-refractivity contribution in [3.63, 3.8) is 0 Å². The standard InChI is InChI=1S/C13H20N2O6S/c1-12(2,3)21-11(20)14-13(6-16)4-8-15(10(13)19)7(5-22-8)9(17)18/h7-8,16H,4-6H2,1-3H3,(H,14,20)(H,17,18)/t7-,8-,13-/m0/s1. The second-order valence-corrected chi connectivity index (χ2v) is 7.64. The number of hydrogen-bond acceptors (Lipinski definition) is 6. The maximum atomic E-state index is 12.6. The summed E-state index contributed by atoms with van der Waals surface area (Å²) in [6.07, 6.45) is -0.663. The summed E-state index contributed by atoms with van der Waals surface area (Å²) >= 11 is 1.33. The molecule has 0 aromatic rings. The minimum atomic E-state index is -1.52. The van der Waals surface area contributed by atoms with Crippen molar-refractivity contribution in [1.29, 1.82) is 0 Å². The van der Waals surface area contributed by atoms with Crippen molar-refractivity contribution >= 4 is 29.7 Å². The van der Waals surface area contributed by atoms with Gasteiger partial charge in [0, 0.05) is 12.2 Å². The van der Waals surface area contributed by atoms with E-state index in [1.54, 1.807) is 20.8 Å². The Bertz CT molecular complexity index is 505. The maximum Gasteiger partial charge on any atom is 0.408 e. The molecule has 0 aliphatic carbocycles. The summed E-state index contributed by atoms with van der Waals surface area (Å²) in [7, 11) is 0. The molecule has 3 N–H and O–H groups in total. The summed E-state index contributed by atoms with van der Waals surface area (Å²) in [5, 5.41) is 20.9. The number of carbonyl (C=O) groups excluding carboxylic acids is 2. The van der Waals surface area contributed by atoms with Gasteiger partial charge in [0.05, 0.1) is 12.0 Å². The van der Waals surface area contributed by atoms with E-state index in [1.807, 2.05) is 0 Å². The number of thioether (sulfide) groups is 1. The molecular formula is C13H20N2O6S. The number of hydrogen-bond donors (Lipinski definition) is 3. The first-order chi connectivity index (χ1) is 10.1. The van der Waals surface area contributed by atoms with Crippen LogP contribution in [0.25, 0.3) is 0 Å². The number of ether oxygens (including phenoxy) is 1. The number of nitrogens with zero attached hydrogens (tertiary/aromatic N) is 1. The molecule has 2 heterocycles. The van der Waals surface area contributed by atoms with Crippen molar-refractivity contribution in [2.75, 3.05) is 12.4 Å². The number of carboxylic acids is 1. The summed E-state index contributed by atoms with van der Waals surface area (Å²) in [5.41, 5.74) is -2.26. The lowest BCUT2D eigenvalue weighted by atomic mass is 9.99. The van der Waals surface area contributed by atoms with Crippen molar-refractivity contribution in [3.8, 4) is 0 Å². The van der Waals surface area contributed by atoms with Crippen LogP contribution in [0, 0.1) is 0 Å². The van der Waals surface area contributed by atoms with Crippen LogP contribution in [0.1, 0.15) is 27.2 Å². The number of alkyl carbamates (subject to hydrolysis) is 1. The van der Waals surface area contributed by atoms with Crippen molar-refractivity contribution < 1.29 is 29.3 Å². The zero-order chi connectivity index (χ0) is 16.7. The molecular weight excluding hydrogens is 312 g/mol. The lowest BCUT2D eigenvalue weighted by Crippen LogP contribution is -2.59. The molecule has 0 bridgehead atoms. The first-order valence-electron chi connectivity index (χ1n) is 6.89. The van der Waals surface area contributed by atoms with Gasteiger partial charge in [-0.3, -0.25) is 4.79 Å². The van der Waals surface area contributed by atoms with Crippen LogP contribution in [0.5, 0.6) is 0 Å². The van der Waals surface area contributed by atoms with Crippen LogP contribution in [0.15, 0.2) is 0 Å². The molecule has 9 heteroatoms. The quantitative estimate of drug-likeness (QED) is 0.666. The number of carboxylic acid groups (broad SMARTS) is 1. The van der Waals surface area contributed by atoms with Crippen molar-refractivity contribution in [1.82, 2.24) is 10.2 Å². The monoisotopic (exact) mass is 332 g/mol. The molecule has 124 valence electrons.